The number of thiazole rings is 1. The van der Waals surface area contributed by atoms with Crippen LogP contribution in [0.15, 0.2) is 60.0 Å². The molecular formula is C19H15N3O4S. The third-order valence-corrected chi connectivity index (χ3v) is 4.42. The van der Waals surface area contributed by atoms with Gasteiger partial charge in [-0.05, 0) is 24.3 Å². The van der Waals surface area contributed by atoms with Gasteiger partial charge >= 0.3 is 0 Å². The maximum atomic E-state index is 12.1. The highest BCUT2D eigenvalue weighted by molar-refractivity contribution is 7.14. The summed E-state index contributed by atoms with van der Waals surface area (Å²) in [6, 6.07) is 13.5. The Bertz CT molecular complexity index is 996. The summed E-state index contributed by atoms with van der Waals surface area (Å²) in [7, 11) is 1.57. The van der Waals surface area contributed by atoms with Crippen molar-refractivity contribution in [2.24, 2.45) is 0 Å². The number of hydrogen-bond acceptors (Lipinski definition) is 6. The number of anilines is 1. The third kappa shape index (κ3) is 4.56. The summed E-state index contributed by atoms with van der Waals surface area (Å²) < 4.78 is 5.24. The lowest BCUT2D eigenvalue weighted by molar-refractivity contribution is -0.384. The molecule has 0 fully saturated rings. The van der Waals surface area contributed by atoms with Crippen LogP contribution in [0.4, 0.5) is 10.8 Å². The predicted octanol–water partition coefficient (Wildman–Crippen LogP) is 4.38. The average molecular weight is 381 g/mol. The number of nitrogens with one attached hydrogen (secondary N) is 1. The van der Waals surface area contributed by atoms with Crippen LogP contribution in [-0.2, 0) is 4.79 Å². The van der Waals surface area contributed by atoms with E-state index in [1.165, 1.54) is 29.5 Å². The van der Waals surface area contributed by atoms with E-state index in [1.807, 2.05) is 24.3 Å². The van der Waals surface area contributed by atoms with Gasteiger partial charge in [-0.2, -0.15) is 0 Å². The van der Waals surface area contributed by atoms with Crippen LogP contribution in [0.2, 0.25) is 0 Å². The quantitative estimate of drug-likeness (QED) is 0.388. The summed E-state index contributed by atoms with van der Waals surface area (Å²) in [5.74, 6) is 0.363. The Morgan fingerprint density at radius 2 is 1.96 bits per heavy atom. The van der Waals surface area contributed by atoms with Crippen molar-refractivity contribution in [1.82, 2.24) is 4.98 Å². The van der Waals surface area contributed by atoms with Gasteiger partial charge in [0.2, 0.25) is 5.91 Å². The van der Waals surface area contributed by atoms with Crippen molar-refractivity contribution in [1.29, 1.82) is 0 Å². The Kier molecular flexibility index (Phi) is 5.58. The molecule has 0 aliphatic rings. The molecule has 2 aromatic carbocycles. The lowest BCUT2D eigenvalue weighted by Gasteiger charge is -2.03. The first-order chi connectivity index (χ1) is 13.1. The molecule has 0 saturated heterocycles. The number of nitrogens with zero attached hydrogens (tertiary/aromatic N) is 2. The minimum atomic E-state index is -0.454. The maximum absolute atomic E-state index is 12.1. The van der Waals surface area contributed by atoms with E-state index in [-0.39, 0.29) is 11.6 Å². The zero-order valence-corrected chi connectivity index (χ0v) is 15.1. The Labute approximate surface area is 159 Å². The molecule has 7 nitrogen and oxygen atoms in total. The summed E-state index contributed by atoms with van der Waals surface area (Å²) in [5.41, 5.74) is 2.19. The molecule has 136 valence electrons. The summed E-state index contributed by atoms with van der Waals surface area (Å²) >= 11 is 1.28. The Morgan fingerprint density at radius 1 is 1.22 bits per heavy atom. The van der Waals surface area contributed by atoms with Crippen molar-refractivity contribution in [3.63, 3.8) is 0 Å². The van der Waals surface area contributed by atoms with Crippen molar-refractivity contribution in [2.45, 2.75) is 0 Å². The SMILES string of the molecule is COc1ccccc1C=CC(=O)Nc1nc(-c2ccc([N+](=O)[O-])cc2)cs1. The van der Waals surface area contributed by atoms with Crippen LogP contribution >= 0.6 is 11.3 Å². The Hall–Kier alpha value is -3.52. The fraction of sp³-hybridized carbons (Fsp3) is 0.0526. The van der Waals surface area contributed by atoms with E-state index >= 15 is 0 Å². The number of aromatic nitrogens is 1. The number of para-hydroxylation sites is 1. The summed E-state index contributed by atoms with van der Waals surface area (Å²) in [6.45, 7) is 0. The smallest absolute Gasteiger partial charge is 0.269 e. The second-order valence-electron chi connectivity index (χ2n) is 5.41. The average Bonchev–Trinajstić information content (AvgIpc) is 3.15. The van der Waals surface area contributed by atoms with Gasteiger partial charge in [0.05, 0.1) is 17.7 Å². The largest absolute Gasteiger partial charge is 0.496 e. The number of nitro benzene ring substituents is 1. The lowest BCUT2D eigenvalue weighted by atomic mass is 10.1. The zero-order valence-electron chi connectivity index (χ0n) is 14.3. The first kappa shape index (κ1) is 18.3. The van der Waals surface area contributed by atoms with Gasteiger partial charge in [-0.1, -0.05) is 18.2 Å². The molecule has 0 aliphatic heterocycles. The van der Waals surface area contributed by atoms with Gasteiger partial charge in [0, 0.05) is 34.7 Å². The number of hydrogen-bond donors (Lipinski definition) is 1. The number of rotatable bonds is 6. The summed E-state index contributed by atoms with van der Waals surface area (Å²) in [6.07, 6.45) is 3.07. The Balaban J connectivity index is 1.67. The van der Waals surface area contributed by atoms with E-state index in [4.69, 9.17) is 4.74 Å². The first-order valence-electron chi connectivity index (χ1n) is 7.89. The molecule has 0 aliphatic carbocycles. The molecular weight excluding hydrogens is 366 g/mol. The van der Waals surface area contributed by atoms with Crippen LogP contribution in [0.5, 0.6) is 5.75 Å². The number of carbonyl (C=O) groups excluding carboxylic acids is 1. The van der Waals surface area contributed by atoms with Gasteiger partial charge in [-0.25, -0.2) is 4.98 Å². The van der Waals surface area contributed by atoms with E-state index in [1.54, 1.807) is 30.7 Å². The van der Waals surface area contributed by atoms with Crippen LogP contribution in [0, 0.1) is 10.1 Å². The van der Waals surface area contributed by atoms with Crippen LogP contribution in [0.1, 0.15) is 5.56 Å². The monoisotopic (exact) mass is 381 g/mol. The summed E-state index contributed by atoms with van der Waals surface area (Å²) in [5, 5.41) is 15.6. The number of benzene rings is 2. The van der Waals surface area contributed by atoms with Gasteiger partial charge in [-0.3, -0.25) is 20.2 Å². The van der Waals surface area contributed by atoms with E-state index in [2.05, 4.69) is 10.3 Å². The van der Waals surface area contributed by atoms with Crippen LogP contribution in [0.25, 0.3) is 17.3 Å². The fourth-order valence-electron chi connectivity index (χ4n) is 2.33. The zero-order chi connectivity index (χ0) is 19.2. The van der Waals surface area contributed by atoms with Gasteiger partial charge in [0.15, 0.2) is 5.13 Å². The van der Waals surface area contributed by atoms with Crippen molar-refractivity contribution >= 4 is 34.1 Å². The third-order valence-electron chi connectivity index (χ3n) is 3.66. The normalized spacial score (nSPS) is 10.7. The van der Waals surface area contributed by atoms with Crippen molar-refractivity contribution in [3.8, 4) is 17.0 Å². The van der Waals surface area contributed by atoms with E-state index in [0.29, 0.717) is 16.6 Å². The van der Waals surface area contributed by atoms with Gasteiger partial charge in [0.25, 0.3) is 5.69 Å². The summed E-state index contributed by atoms with van der Waals surface area (Å²) in [4.78, 5) is 26.7. The van der Waals surface area contributed by atoms with Gasteiger partial charge < -0.3 is 4.74 Å². The number of nitro groups is 1. The van der Waals surface area contributed by atoms with Crippen LogP contribution in [0.3, 0.4) is 0 Å². The van der Waals surface area contributed by atoms with E-state index in [9.17, 15) is 14.9 Å². The molecule has 1 heterocycles. The molecule has 0 unspecified atom stereocenters. The Morgan fingerprint density at radius 3 is 2.67 bits per heavy atom. The predicted molar refractivity (Wildman–Crippen MR) is 105 cm³/mol. The molecule has 1 amide bonds. The number of amides is 1. The van der Waals surface area contributed by atoms with Gasteiger partial charge in [0.1, 0.15) is 5.75 Å². The number of carbonyl (C=O) groups is 1. The number of methoxy groups -OCH3 is 1. The lowest BCUT2D eigenvalue weighted by Crippen LogP contribution is -2.07. The van der Waals surface area contributed by atoms with Gasteiger partial charge in [-0.15, -0.1) is 11.3 Å². The fourth-order valence-corrected chi connectivity index (χ4v) is 3.06. The van der Waals surface area contributed by atoms with Crippen molar-refractivity contribution in [3.05, 3.63) is 75.7 Å². The molecule has 1 N–H and O–H groups in total. The minimum Gasteiger partial charge on any atom is -0.496 e. The first-order valence-corrected chi connectivity index (χ1v) is 8.77. The number of ether oxygens (including phenoxy) is 1. The molecule has 0 spiro atoms. The molecule has 27 heavy (non-hydrogen) atoms. The standard InChI is InChI=1S/C19H15N3O4S/c1-26-17-5-3-2-4-14(17)8-11-18(23)21-19-20-16(12-27-19)13-6-9-15(10-7-13)22(24)25/h2-12H,1H3,(H,20,21,23). The van der Waals surface area contributed by atoms with Crippen LogP contribution < -0.4 is 10.1 Å². The topological polar surface area (TPSA) is 94.4 Å². The molecule has 8 heteroatoms. The van der Waals surface area contributed by atoms with E-state index in [0.717, 1.165) is 11.1 Å². The molecule has 1 aromatic heterocycles. The minimum absolute atomic E-state index is 0.0176. The highest BCUT2D eigenvalue weighted by Crippen LogP contribution is 2.26. The van der Waals surface area contributed by atoms with Crippen molar-refractivity contribution in [2.75, 3.05) is 12.4 Å². The molecule has 0 radical (unpaired) electrons. The molecule has 0 saturated carbocycles. The second-order valence-corrected chi connectivity index (χ2v) is 6.26. The highest BCUT2D eigenvalue weighted by Gasteiger charge is 2.09. The maximum Gasteiger partial charge on any atom is 0.269 e. The van der Waals surface area contributed by atoms with Crippen LogP contribution in [-0.4, -0.2) is 22.9 Å². The van der Waals surface area contributed by atoms with E-state index < -0.39 is 4.92 Å². The molecule has 0 bridgehead atoms. The molecule has 3 rings (SSSR count). The molecule has 3 aromatic rings. The number of non-ortho nitro benzene ring substituents is 1. The second kappa shape index (κ2) is 8.24. The molecule has 0 atom stereocenters. The highest BCUT2D eigenvalue weighted by atomic mass is 32.1. The van der Waals surface area contributed by atoms with Crippen molar-refractivity contribution < 1.29 is 14.5 Å².